The Morgan fingerprint density at radius 2 is 1.96 bits per heavy atom. The van der Waals surface area contributed by atoms with Crippen LogP contribution in [0.1, 0.15) is 30.4 Å². The fourth-order valence-electron chi connectivity index (χ4n) is 3.83. The highest BCUT2D eigenvalue weighted by Gasteiger charge is 2.28. The lowest BCUT2D eigenvalue weighted by Crippen LogP contribution is -2.27. The summed E-state index contributed by atoms with van der Waals surface area (Å²) in [6, 6.07) is 0. The van der Waals surface area contributed by atoms with E-state index in [2.05, 4.69) is 33.9 Å². The number of aromatic nitrogens is 6. The monoisotopic (exact) mass is 409 g/mol. The number of pyridine rings is 1. The number of hydrogen-bond acceptors (Lipinski definition) is 8. The Balaban J connectivity index is 1.50. The molecule has 0 spiro atoms. The van der Waals surface area contributed by atoms with Crippen molar-refractivity contribution in [2.75, 3.05) is 32.1 Å². The highest BCUT2D eigenvalue weighted by Crippen LogP contribution is 2.47. The summed E-state index contributed by atoms with van der Waals surface area (Å²) in [5, 5.41) is 12.0. The van der Waals surface area contributed by atoms with Crippen LogP contribution in [0.2, 0.25) is 0 Å². The molecular weight excluding hydrogens is 382 g/mol. The van der Waals surface area contributed by atoms with Crippen LogP contribution in [0.4, 0.5) is 0 Å². The first-order valence-corrected chi connectivity index (χ1v) is 11.3. The number of nitrogens with zero attached hydrogens (tertiary/aromatic N) is 7. The number of fused-ring (bicyclic) bond motifs is 3. The van der Waals surface area contributed by atoms with Crippen LogP contribution in [-0.4, -0.2) is 75.1 Å². The molecule has 0 aliphatic carbocycles. The van der Waals surface area contributed by atoms with Crippen molar-refractivity contribution < 1.29 is 13.8 Å². The molecule has 3 aromatic rings. The molecule has 0 radical (unpaired) electrons. The van der Waals surface area contributed by atoms with Gasteiger partial charge in [0, 0.05) is 31.7 Å². The number of imidazole rings is 1. The molecule has 28 heavy (non-hydrogen) atoms. The van der Waals surface area contributed by atoms with E-state index in [0.717, 1.165) is 47.5 Å². The van der Waals surface area contributed by atoms with Crippen LogP contribution in [0.25, 0.3) is 16.7 Å². The van der Waals surface area contributed by atoms with Gasteiger partial charge in [-0.1, -0.05) is 6.92 Å². The molecule has 1 aliphatic heterocycles. The molecular formula is C17H27N7O3S. The summed E-state index contributed by atoms with van der Waals surface area (Å²) in [5.74, 6) is 1.45. The molecule has 0 aromatic carbocycles. The average molecular weight is 410 g/mol. The summed E-state index contributed by atoms with van der Waals surface area (Å²) in [6.45, 7) is 9.09. The van der Waals surface area contributed by atoms with E-state index in [1.54, 1.807) is 8.82 Å². The van der Waals surface area contributed by atoms with Gasteiger partial charge in [-0.05, 0) is 36.3 Å². The smallest absolute Gasteiger partial charge is 0.207 e. The highest BCUT2D eigenvalue weighted by molar-refractivity contribution is 8.22. The number of hydrogen-bond donors (Lipinski definition) is 2. The predicted octanol–water partition coefficient (Wildman–Crippen LogP) is 2.04. The number of ether oxygens (including phenoxy) is 1. The molecule has 0 atom stereocenters. The topological polar surface area (TPSA) is 114 Å². The van der Waals surface area contributed by atoms with Crippen molar-refractivity contribution in [2.24, 2.45) is 0 Å². The molecule has 3 aromatic heterocycles. The Labute approximate surface area is 165 Å². The third-order valence-corrected chi connectivity index (χ3v) is 7.47. The van der Waals surface area contributed by atoms with Crippen molar-refractivity contribution in [2.45, 2.75) is 40.2 Å². The third-order valence-electron chi connectivity index (χ3n) is 5.44. The summed E-state index contributed by atoms with van der Waals surface area (Å²) < 4.78 is 31.4. The van der Waals surface area contributed by atoms with Crippen molar-refractivity contribution in [1.29, 1.82) is 0 Å². The fourth-order valence-corrected chi connectivity index (χ4v) is 5.39. The van der Waals surface area contributed by atoms with Crippen LogP contribution in [0.3, 0.4) is 0 Å². The molecule has 4 heterocycles. The molecule has 0 amide bonds. The zero-order valence-corrected chi connectivity index (χ0v) is 17.3. The minimum absolute atomic E-state index is 0.471. The maximum atomic E-state index is 9.95. The largest absolute Gasteiger partial charge is 0.378 e. The lowest BCUT2D eigenvalue weighted by molar-refractivity contribution is 0.115. The van der Waals surface area contributed by atoms with Crippen molar-refractivity contribution >= 4 is 27.5 Å². The average Bonchev–Trinajstić information content (AvgIpc) is 3.36. The van der Waals surface area contributed by atoms with Crippen LogP contribution in [0.5, 0.6) is 0 Å². The second-order valence-electron chi connectivity index (χ2n) is 7.09. The quantitative estimate of drug-likeness (QED) is 0.570. The zero-order chi connectivity index (χ0) is 19.9. The summed E-state index contributed by atoms with van der Waals surface area (Å²) >= 11 is 0. The number of rotatable bonds is 7. The molecule has 154 valence electrons. The van der Waals surface area contributed by atoms with E-state index in [9.17, 15) is 9.11 Å². The first-order valence-electron chi connectivity index (χ1n) is 9.59. The maximum Gasteiger partial charge on any atom is 0.207 e. The Morgan fingerprint density at radius 1 is 1.18 bits per heavy atom. The molecule has 0 unspecified atom stereocenters. The summed E-state index contributed by atoms with van der Waals surface area (Å²) in [7, 11) is -2.57. The summed E-state index contributed by atoms with van der Waals surface area (Å²) in [6.07, 6.45) is 1.63. The first kappa shape index (κ1) is 19.5. The second-order valence-corrected chi connectivity index (χ2v) is 9.28. The molecule has 1 fully saturated rings. The second kappa shape index (κ2) is 7.56. The molecule has 1 aliphatic rings. The SMILES string of the molecule is CCc1nc2c(c(C)c(C)n3nnnc23)n1CCOCCN1CCCS1(O)O. The highest BCUT2D eigenvalue weighted by atomic mass is 32.3. The van der Waals surface area contributed by atoms with E-state index in [1.807, 2.05) is 6.92 Å². The Morgan fingerprint density at radius 3 is 2.68 bits per heavy atom. The van der Waals surface area contributed by atoms with Gasteiger partial charge in [0.05, 0.1) is 24.5 Å². The van der Waals surface area contributed by atoms with E-state index in [4.69, 9.17) is 9.72 Å². The van der Waals surface area contributed by atoms with Gasteiger partial charge in [-0.2, -0.15) is 4.52 Å². The third kappa shape index (κ3) is 3.26. The minimum atomic E-state index is -2.57. The van der Waals surface area contributed by atoms with Gasteiger partial charge in [-0.15, -0.1) is 15.9 Å². The van der Waals surface area contributed by atoms with Gasteiger partial charge in [-0.25, -0.2) is 9.29 Å². The van der Waals surface area contributed by atoms with Gasteiger partial charge in [0.1, 0.15) is 11.3 Å². The van der Waals surface area contributed by atoms with E-state index < -0.39 is 10.8 Å². The molecule has 0 bridgehead atoms. The Hall–Kier alpha value is -1.79. The summed E-state index contributed by atoms with van der Waals surface area (Å²) in [5.41, 5.74) is 4.64. The standard InChI is InChI=1S/C17H27N7O3S/c1-4-14-18-15-16(12(2)13(3)24-17(15)19-20-21-24)23(14)8-10-27-9-7-22-6-5-11-28(22,25)26/h25-26H,4-11H2,1-3H3. The molecule has 1 saturated heterocycles. The van der Waals surface area contributed by atoms with Crippen LogP contribution < -0.4 is 0 Å². The number of aryl methyl sites for hydroxylation is 3. The van der Waals surface area contributed by atoms with Crippen molar-refractivity contribution in [3.05, 3.63) is 17.1 Å². The molecule has 2 N–H and O–H groups in total. The van der Waals surface area contributed by atoms with Gasteiger partial charge in [0.2, 0.25) is 5.65 Å². The van der Waals surface area contributed by atoms with E-state index in [-0.39, 0.29) is 0 Å². The Bertz CT molecular complexity index is 1000. The van der Waals surface area contributed by atoms with Gasteiger partial charge in [0.15, 0.2) is 0 Å². The predicted molar refractivity (Wildman–Crippen MR) is 108 cm³/mol. The number of tetrazole rings is 1. The van der Waals surface area contributed by atoms with E-state index in [1.165, 1.54) is 0 Å². The van der Waals surface area contributed by atoms with Gasteiger partial charge < -0.3 is 9.30 Å². The van der Waals surface area contributed by atoms with Crippen molar-refractivity contribution in [1.82, 2.24) is 33.9 Å². The maximum absolute atomic E-state index is 9.95. The molecule has 11 heteroatoms. The molecule has 0 saturated carbocycles. The Kier molecular flexibility index (Phi) is 5.27. The van der Waals surface area contributed by atoms with Crippen molar-refractivity contribution in [3.8, 4) is 0 Å². The fraction of sp³-hybridized carbons (Fsp3) is 0.647. The van der Waals surface area contributed by atoms with Gasteiger partial charge in [-0.3, -0.25) is 9.11 Å². The van der Waals surface area contributed by atoms with Crippen LogP contribution in [-0.2, 0) is 17.7 Å². The lowest BCUT2D eigenvalue weighted by Gasteiger charge is -2.36. The van der Waals surface area contributed by atoms with Crippen LogP contribution >= 0.6 is 10.8 Å². The lowest BCUT2D eigenvalue weighted by atomic mass is 10.2. The molecule has 10 nitrogen and oxygen atoms in total. The van der Waals surface area contributed by atoms with Gasteiger partial charge >= 0.3 is 0 Å². The normalized spacial score (nSPS) is 18.5. The van der Waals surface area contributed by atoms with Crippen LogP contribution in [0, 0.1) is 13.8 Å². The summed E-state index contributed by atoms with van der Waals surface area (Å²) in [4.78, 5) is 4.79. The minimum Gasteiger partial charge on any atom is -0.378 e. The molecule has 4 rings (SSSR count). The van der Waals surface area contributed by atoms with Gasteiger partial charge in [0.25, 0.3) is 0 Å². The first-order chi connectivity index (χ1) is 13.4. The van der Waals surface area contributed by atoms with Crippen molar-refractivity contribution in [3.63, 3.8) is 0 Å². The van der Waals surface area contributed by atoms with Crippen LogP contribution in [0.15, 0.2) is 0 Å². The zero-order valence-electron chi connectivity index (χ0n) is 16.5. The van der Waals surface area contributed by atoms with E-state index in [0.29, 0.717) is 37.7 Å². The van der Waals surface area contributed by atoms with E-state index >= 15 is 0 Å².